The number of ether oxygens (including phenoxy) is 1. The van der Waals surface area contributed by atoms with Gasteiger partial charge in [-0.1, -0.05) is 24.4 Å². The topological polar surface area (TPSA) is 47.4 Å². The Bertz CT molecular complexity index is 552. The van der Waals surface area contributed by atoms with Gasteiger partial charge in [0.2, 0.25) is 5.91 Å². The second-order valence-corrected chi connectivity index (χ2v) is 6.73. The van der Waals surface area contributed by atoms with E-state index >= 15 is 0 Å². The Morgan fingerprint density at radius 2 is 2.05 bits per heavy atom. The fraction of sp³-hybridized carbons (Fsp3) is 0.750. The Balaban J connectivity index is 1.68. The van der Waals surface area contributed by atoms with Crippen LogP contribution in [0, 0.1) is 6.92 Å². The van der Waals surface area contributed by atoms with Gasteiger partial charge in [0.1, 0.15) is 11.8 Å². The Hall–Kier alpha value is -1.07. The first kappa shape index (κ1) is 15.8. The quantitative estimate of drug-likeness (QED) is 0.855. The largest absolute Gasteiger partial charge is 0.368 e. The molecule has 1 aliphatic heterocycles. The van der Waals surface area contributed by atoms with E-state index < -0.39 is 0 Å². The van der Waals surface area contributed by atoms with Crippen LogP contribution in [0.15, 0.2) is 0 Å². The summed E-state index contributed by atoms with van der Waals surface area (Å²) in [4.78, 5) is 14.5. The first-order chi connectivity index (χ1) is 10.6. The summed E-state index contributed by atoms with van der Waals surface area (Å²) in [7, 11) is 1.84. The molecule has 0 radical (unpaired) electrons. The Morgan fingerprint density at radius 1 is 1.32 bits per heavy atom. The van der Waals surface area contributed by atoms with Gasteiger partial charge in [-0.15, -0.1) is 0 Å². The van der Waals surface area contributed by atoms with Crippen molar-refractivity contribution in [2.24, 2.45) is 7.05 Å². The molecule has 1 aromatic rings. The monoisotopic (exact) mass is 325 g/mol. The molecule has 1 saturated carbocycles. The number of carbonyl (C=O) groups excluding carboxylic acids is 1. The van der Waals surface area contributed by atoms with Crippen LogP contribution < -0.4 is 0 Å². The number of likely N-dealkylation sites (tertiary alicyclic amines) is 1. The van der Waals surface area contributed by atoms with Gasteiger partial charge >= 0.3 is 0 Å². The van der Waals surface area contributed by atoms with Gasteiger partial charge in [-0.2, -0.15) is 5.10 Å². The lowest BCUT2D eigenvalue weighted by Gasteiger charge is -2.25. The number of hydrogen-bond acceptors (Lipinski definition) is 3. The predicted octanol–water partition coefficient (Wildman–Crippen LogP) is 3.00. The fourth-order valence-electron chi connectivity index (χ4n) is 3.72. The molecule has 2 aliphatic rings. The number of aryl methyl sites for hydroxylation is 2. The van der Waals surface area contributed by atoms with Crippen LogP contribution >= 0.6 is 11.6 Å². The van der Waals surface area contributed by atoms with Crippen LogP contribution in [0.2, 0.25) is 5.15 Å². The van der Waals surface area contributed by atoms with E-state index in [1.54, 1.807) is 4.68 Å². The number of aromatic nitrogens is 2. The highest BCUT2D eigenvalue weighted by molar-refractivity contribution is 6.30. The minimum atomic E-state index is 0.0425. The van der Waals surface area contributed by atoms with Crippen molar-refractivity contribution in [3.8, 4) is 0 Å². The molecule has 22 heavy (non-hydrogen) atoms. The van der Waals surface area contributed by atoms with E-state index in [1.807, 2.05) is 18.9 Å². The lowest BCUT2D eigenvalue weighted by Crippen LogP contribution is -2.34. The van der Waals surface area contributed by atoms with E-state index in [1.165, 1.54) is 12.8 Å². The van der Waals surface area contributed by atoms with Gasteiger partial charge in [-0.3, -0.25) is 9.48 Å². The van der Waals surface area contributed by atoms with Gasteiger partial charge in [0.25, 0.3) is 0 Å². The maximum Gasteiger partial charge on any atom is 0.249 e. The van der Waals surface area contributed by atoms with E-state index in [-0.39, 0.29) is 24.7 Å². The van der Waals surface area contributed by atoms with E-state index in [9.17, 15) is 4.79 Å². The van der Waals surface area contributed by atoms with Crippen molar-refractivity contribution in [1.29, 1.82) is 0 Å². The van der Waals surface area contributed by atoms with E-state index in [0.29, 0.717) is 5.15 Å². The molecule has 3 rings (SSSR count). The Morgan fingerprint density at radius 3 is 2.68 bits per heavy atom. The third kappa shape index (κ3) is 3.01. The van der Waals surface area contributed by atoms with Gasteiger partial charge in [0, 0.05) is 19.2 Å². The number of amides is 1. The average molecular weight is 326 g/mol. The molecule has 1 amide bonds. The minimum absolute atomic E-state index is 0.0425. The summed E-state index contributed by atoms with van der Waals surface area (Å²) in [6, 6.07) is 0.0425. The van der Waals surface area contributed by atoms with E-state index in [0.717, 1.165) is 43.5 Å². The minimum Gasteiger partial charge on any atom is -0.368 e. The van der Waals surface area contributed by atoms with Crippen molar-refractivity contribution in [1.82, 2.24) is 14.7 Å². The Labute approximate surface area is 136 Å². The van der Waals surface area contributed by atoms with Crippen LogP contribution in [-0.2, 0) is 16.6 Å². The number of rotatable bonds is 4. The molecule has 1 aliphatic carbocycles. The van der Waals surface area contributed by atoms with Crippen LogP contribution in [0.4, 0.5) is 0 Å². The molecule has 5 nitrogen and oxygen atoms in total. The summed E-state index contributed by atoms with van der Waals surface area (Å²) in [5.41, 5.74) is 1.91. The predicted molar refractivity (Wildman–Crippen MR) is 84.9 cm³/mol. The van der Waals surface area contributed by atoms with Crippen molar-refractivity contribution in [3.05, 3.63) is 16.4 Å². The Kier molecular flexibility index (Phi) is 4.73. The number of halogens is 1. The van der Waals surface area contributed by atoms with Crippen LogP contribution in [0.3, 0.4) is 0 Å². The summed E-state index contributed by atoms with van der Waals surface area (Å²) in [6.45, 7) is 2.93. The molecule has 122 valence electrons. The molecule has 0 bridgehead atoms. The summed E-state index contributed by atoms with van der Waals surface area (Å²) in [5.74, 6) is 0.0775. The molecule has 2 heterocycles. The summed E-state index contributed by atoms with van der Waals surface area (Å²) in [5, 5.41) is 5.01. The van der Waals surface area contributed by atoms with E-state index in [2.05, 4.69) is 5.10 Å². The SMILES string of the molecule is Cc1nn(C)c(Cl)c1C1CCCN1C(=O)COC1CCCC1. The molecule has 6 heteroatoms. The molecule has 1 saturated heterocycles. The first-order valence-corrected chi connectivity index (χ1v) is 8.55. The normalized spacial score (nSPS) is 22.7. The van der Waals surface area contributed by atoms with Crippen molar-refractivity contribution in [3.63, 3.8) is 0 Å². The molecule has 0 aromatic carbocycles. The highest BCUT2D eigenvalue weighted by Gasteiger charge is 2.34. The van der Waals surface area contributed by atoms with Crippen molar-refractivity contribution in [2.45, 2.75) is 57.6 Å². The molecule has 1 aromatic heterocycles. The molecule has 0 N–H and O–H groups in total. The van der Waals surface area contributed by atoms with Gasteiger partial charge in [-0.25, -0.2) is 0 Å². The summed E-state index contributed by atoms with van der Waals surface area (Å²) >= 11 is 6.38. The van der Waals surface area contributed by atoms with Crippen molar-refractivity contribution < 1.29 is 9.53 Å². The average Bonchev–Trinajstić information content (AvgIpc) is 3.19. The van der Waals surface area contributed by atoms with Crippen LogP contribution in [0.1, 0.15) is 55.8 Å². The zero-order chi connectivity index (χ0) is 15.7. The van der Waals surface area contributed by atoms with Gasteiger partial charge in [0.05, 0.1) is 17.8 Å². The van der Waals surface area contributed by atoms with Gasteiger partial charge in [0.15, 0.2) is 0 Å². The van der Waals surface area contributed by atoms with Crippen LogP contribution in [-0.4, -0.2) is 39.8 Å². The summed E-state index contributed by atoms with van der Waals surface area (Å²) in [6.07, 6.45) is 6.83. The highest BCUT2D eigenvalue weighted by Crippen LogP contribution is 2.37. The molecule has 1 atom stereocenters. The van der Waals surface area contributed by atoms with Crippen molar-refractivity contribution in [2.75, 3.05) is 13.2 Å². The second-order valence-electron chi connectivity index (χ2n) is 6.38. The lowest BCUT2D eigenvalue weighted by molar-refractivity contribution is -0.139. The maximum absolute atomic E-state index is 12.5. The van der Waals surface area contributed by atoms with E-state index in [4.69, 9.17) is 16.3 Å². The lowest BCUT2D eigenvalue weighted by atomic mass is 10.1. The smallest absolute Gasteiger partial charge is 0.249 e. The zero-order valence-electron chi connectivity index (χ0n) is 13.3. The number of nitrogens with zero attached hydrogens (tertiary/aromatic N) is 3. The highest BCUT2D eigenvalue weighted by atomic mass is 35.5. The standard InChI is InChI=1S/C16H24ClN3O2/c1-11-15(16(17)19(2)18-11)13-8-5-9-20(13)14(21)10-22-12-6-3-4-7-12/h12-13H,3-10H2,1-2H3. The molecular formula is C16H24ClN3O2. The first-order valence-electron chi connectivity index (χ1n) is 8.18. The zero-order valence-corrected chi connectivity index (χ0v) is 14.1. The van der Waals surface area contributed by atoms with Crippen molar-refractivity contribution >= 4 is 17.5 Å². The van der Waals surface area contributed by atoms with Crippen LogP contribution in [0.25, 0.3) is 0 Å². The molecule has 2 fully saturated rings. The second kappa shape index (κ2) is 6.59. The summed E-state index contributed by atoms with van der Waals surface area (Å²) < 4.78 is 7.46. The fourth-order valence-corrected chi connectivity index (χ4v) is 4.02. The third-order valence-corrected chi connectivity index (χ3v) is 5.30. The van der Waals surface area contributed by atoms with Gasteiger partial charge < -0.3 is 9.64 Å². The molecular weight excluding hydrogens is 302 g/mol. The third-order valence-electron chi connectivity index (χ3n) is 4.85. The molecule has 1 unspecified atom stereocenters. The van der Waals surface area contributed by atoms with Gasteiger partial charge in [-0.05, 0) is 32.6 Å². The van der Waals surface area contributed by atoms with Crippen LogP contribution in [0.5, 0.6) is 0 Å². The molecule has 0 spiro atoms. The maximum atomic E-state index is 12.5. The number of carbonyl (C=O) groups is 1. The number of hydrogen-bond donors (Lipinski definition) is 0.